The molecule has 0 aliphatic carbocycles. The fourth-order valence-corrected chi connectivity index (χ4v) is 2.70. The van der Waals surface area contributed by atoms with Crippen molar-refractivity contribution < 1.29 is 23.8 Å². The minimum atomic E-state index is -0.928. The maximum absolute atomic E-state index is 13.5. The highest BCUT2D eigenvalue weighted by molar-refractivity contribution is 6.34. The molecule has 1 aromatic rings. The molecule has 6 nitrogen and oxygen atoms in total. The first-order chi connectivity index (χ1) is 10.9. The number of carbonyl (C=O) groups excluding carboxylic acids is 1. The van der Waals surface area contributed by atoms with Crippen LogP contribution in [0.2, 0.25) is 5.02 Å². The Labute approximate surface area is 138 Å². The molecule has 1 aromatic carbocycles. The topological polar surface area (TPSA) is 70.1 Å². The van der Waals surface area contributed by atoms with Crippen LogP contribution in [0.15, 0.2) is 18.2 Å². The quantitative estimate of drug-likeness (QED) is 0.872. The van der Waals surface area contributed by atoms with Gasteiger partial charge in [-0.25, -0.2) is 4.39 Å². The summed E-state index contributed by atoms with van der Waals surface area (Å²) in [7, 11) is 1.67. The van der Waals surface area contributed by atoms with Crippen molar-refractivity contribution in [3.8, 4) is 0 Å². The van der Waals surface area contributed by atoms with Gasteiger partial charge in [0.15, 0.2) is 0 Å². The van der Waals surface area contributed by atoms with Gasteiger partial charge in [0.05, 0.1) is 29.8 Å². The highest BCUT2D eigenvalue weighted by atomic mass is 35.5. The first-order valence-corrected chi connectivity index (χ1v) is 7.51. The minimum absolute atomic E-state index is 0.108. The number of likely N-dealkylation sites (N-methyl/N-ethyl adjacent to an activating group) is 1. The van der Waals surface area contributed by atoms with Crippen molar-refractivity contribution in [1.82, 2.24) is 9.80 Å². The van der Waals surface area contributed by atoms with Crippen LogP contribution in [0.3, 0.4) is 0 Å². The third kappa shape index (κ3) is 4.63. The smallest absolute Gasteiger partial charge is 0.317 e. The summed E-state index contributed by atoms with van der Waals surface area (Å²) in [6, 6.07) is 4.11. The average molecular weight is 345 g/mol. The Morgan fingerprint density at radius 1 is 1.52 bits per heavy atom. The van der Waals surface area contributed by atoms with Crippen LogP contribution >= 0.6 is 11.6 Å². The number of nitrogens with zero attached hydrogens (tertiary/aromatic N) is 2. The van der Waals surface area contributed by atoms with E-state index in [1.54, 1.807) is 16.8 Å². The van der Waals surface area contributed by atoms with Gasteiger partial charge >= 0.3 is 5.97 Å². The number of carboxylic acid groups (broad SMARTS) is 1. The largest absolute Gasteiger partial charge is 0.480 e. The number of benzene rings is 1. The fourth-order valence-electron chi connectivity index (χ4n) is 2.50. The summed E-state index contributed by atoms with van der Waals surface area (Å²) >= 11 is 5.86. The molecule has 1 atom stereocenters. The van der Waals surface area contributed by atoms with Crippen LogP contribution in [0.4, 0.5) is 4.39 Å². The van der Waals surface area contributed by atoms with E-state index >= 15 is 0 Å². The third-order valence-electron chi connectivity index (χ3n) is 3.53. The molecule has 0 aromatic heterocycles. The van der Waals surface area contributed by atoms with E-state index in [-0.39, 0.29) is 29.1 Å². The van der Waals surface area contributed by atoms with E-state index in [1.807, 2.05) is 0 Å². The first kappa shape index (κ1) is 17.7. The number of hydrogen-bond donors (Lipinski definition) is 1. The summed E-state index contributed by atoms with van der Waals surface area (Å²) in [5.74, 6) is -1.92. The van der Waals surface area contributed by atoms with Crippen molar-refractivity contribution in [1.29, 1.82) is 0 Å². The SMILES string of the molecule is CN(CC(=O)O)CC1CN(C(=O)c2cccc(F)c2Cl)CCO1. The number of carboxylic acids is 1. The highest BCUT2D eigenvalue weighted by Crippen LogP contribution is 2.22. The molecule has 126 valence electrons. The Morgan fingerprint density at radius 3 is 2.96 bits per heavy atom. The second kappa shape index (κ2) is 7.72. The van der Waals surface area contributed by atoms with E-state index in [4.69, 9.17) is 21.4 Å². The van der Waals surface area contributed by atoms with Gasteiger partial charge in [-0.3, -0.25) is 14.5 Å². The molecule has 2 rings (SSSR count). The van der Waals surface area contributed by atoms with E-state index < -0.39 is 11.8 Å². The highest BCUT2D eigenvalue weighted by Gasteiger charge is 2.27. The Kier molecular flexibility index (Phi) is 5.92. The van der Waals surface area contributed by atoms with Crippen LogP contribution in [0.25, 0.3) is 0 Å². The lowest BCUT2D eigenvalue weighted by Crippen LogP contribution is -2.49. The lowest BCUT2D eigenvalue weighted by Gasteiger charge is -2.34. The van der Waals surface area contributed by atoms with E-state index in [1.165, 1.54) is 18.2 Å². The predicted molar refractivity (Wildman–Crippen MR) is 82.2 cm³/mol. The van der Waals surface area contributed by atoms with Crippen molar-refractivity contribution >= 4 is 23.5 Å². The predicted octanol–water partition coefficient (Wildman–Crippen LogP) is 1.34. The van der Waals surface area contributed by atoms with Gasteiger partial charge in [0.2, 0.25) is 0 Å². The number of halogens is 2. The van der Waals surface area contributed by atoms with E-state index in [9.17, 15) is 14.0 Å². The molecule has 8 heteroatoms. The zero-order valence-corrected chi connectivity index (χ0v) is 13.4. The maximum Gasteiger partial charge on any atom is 0.317 e. The average Bonchev–Trinajstić information content (AvgIpc) is 2.48. The van der Waals surface area contributed by atoms with Gasteiger partial charge in [0.1, 0.15) is 5.82 Å². The van der Waals surface area contributed by atoms with Gasteiger partial charge in [-0.1, -0.05) is 17.7 Å². The van der Waals surface area contributed by atoms with Gasteiger partial charge in [0, 0.05) is 19.6 Å². The Morgan fingerprint density at radius 2 is 2.26 bits per heavy atom. The van der Waals surface area contributed by atoms with Crippen molar-refractivity contribution in [2.24, 2.45) is 0 Å². The van der Waals surface area contributed by atoms with Crippen LogP contribution in [0.5, 0.6) is 0 Å². The molecular weight excluding hydrogens is 327 g/mol. The number of carbonyl (C=O) groups is 2. The third-order valence-corrected chi connectivity index (χ3v) is 3.91. The summed E-state index contributed by atoms with van der Waals surface area (Å²) in [6.45, 7) is 1.29. The summed E-state index contributed by atoms with van der Waals surface area (Å²) in [4.78, 5) is 26.3. The first-order valence-electron chi connectivity index (χ1n) is 7.13. The molecule has 23 heavy (non-hydrogen) atoms. The van der Waals surface area contributed by atoms with Gasteiger partial charge in [0.25, 0.3) is 5.91 Å². The number of hydrogen-bond acceptors (Lipinski definition) is 4. The Hall–Kier alpha value is -1.70. The Bertz CT molecular complexity index is 599. The lowest BCUT2D eigenvalue weighted by atomic mass is 10.1. The van der Waals surface area contributed by atoms with Crippen molar-refractivity contribution in [3.05, 3.63) is 34.6 Å². The number of rotatable bonds is 5. The lowest BCUT2D eigenvalue weighted by molar-refractivity contribution is -0.138. The van der Waals surface area contributed by atoms with E-state index in [0.29, 0.717) is 26.2 Å². The van der Waals surface area contributed by atoms with Crippen molar-refractivity contribution in [2.45, 2.75) is 6.10 Å². The zero-order chi connectivity index (χ0) is 17.0. The summed E-state index contributed by atoms with van der Waals surface area (Å²) in [6.07, 6.45) is -0.301. The van der Waals surface area contributed by atoms with E-state index in [0.717, 1.165) is 0 Å². The van der Waals surface area contributed by atoms with Crippen molar-refractivity contribution in [2.75, 3.05) is 39.8 Å². The summed E-state index contributed by atoms with van der Waals surface area (Å²) < 4.78 is 19.1. The molecule has 0 radical (unpaired) electrons. The van der Waals surface area contributed by atoms with Gasteiger partial charge < -0.3 is 14.7 Å². The summed E-state index contributed by atoms with van der Waals surface area (Å²) in [5.41, 5.74) is 0.117. The summed E-state index contributed by atoms with van der Waals surface area (Å²) in [5, 5.41) is 8.57. The van der Waals surface area contributed by atoms with Gasteiger partial charge in [-0.2, -0.15) is 0 Å². The van der Waals surface area contributed by atoms with E-state index in [2.05, 4.69) is 0 Å². The zero-order valence-electron chi connectivity index (χ0n) is 12.7. The second-order valence-electron chi connectivity index (χ2n) is 5.44. The molecule has 1 amide bonds. The maximum atomic E-state index is 13.5. The number of amides is 1. The molecular formula is C15H18ClFN2O4. The molecule has 1 unspecified atom stereocenters. The van der Waals surface area contributed by atoms with Crippen molar-refractivity contribution in [3.63, 3.8) is 0 Å². The molecule has 1 fully saturated rings. The number of aliphatic carboxylic acids is 1. The monoisotopic (exact) mass is 344 g/mol. The molecule has 1 aliphatic rings. The van der Waals surface area contributed by atoms with Crippen LogP contribution in [-0.4, -0.2) is 72.7 Å². The fraction of sp³-hybridized carbons (Fsp3) is 0.467. The molecule has 1 saturated heterocycles. The number of ether oxygens (including phenoxy) is 1. The minimum Gasteiger partial charge on any atom is -0.480 e. The standard InChI is InChI=1S/C15H18ClFN2O4/c1-18(9-13(20)21)7-10-8-19(5-6-23-10)15(22)11-3-2-4-12(17)14(11)16/h2-4,10H,5-9H2,1H3,(H,20,21). The molecule has 1 N–H and O–H groups in total. The van der Waals surface area contributed by atoms with Crippen LogP contribution < -0.4 is 0 Å². The van der Waals surface area contributed by atoms with Crippen LogP contribution in [0, 0.1) is 5.82 Å². The van der Waals surface area contributed by atoms with Gasteiger partial charge in [-0.15, -0.1) is 0 Å². The molecule has 1 heterocycles. The molecule has 0 spiro atoms. The van der Waals surface area contributed by atoms with Crippen LogP contribution in [-0.2, 0) is 9.53 Å². The molecule has 0 bridgehead atoms. The normalized spacial score (nSPS) is 18.3. The van der Waals surface area contributed by atoms with Crippen LogP contribution in [0.1, 0.15) is 10.4 Å². The molecule has 0 saturated carbocycles. The van der Waals surface area contributed by atoms with Gasteiger partial charge in [-0.05, 0) is 19.2 Å². The Balaban J connectivity index is 2.01. The second-order valence-corrected chi connectivity index (χ2v) is 5.81. The molecule has 1 aliphatic heterocycles. The number of morpholine rings is 1.